The Balaban J connectivity index is 1.46. The highest BCUT2D eigenvalue weighted by molar-refractivity contribution is 5.92. The van der Waals surface area contributed by atoms with Gasteiger partial charge in [-0.25, -0.2) is 4.79 Å². The van der Waals surface area contributed by atoms with E-state index < -0.39 is 0 Å². The van der Waals surface area contributed by atoms with Crippen LogP contribution in [0.15, 0.2) is 59.5 Å². The van der Waals surface area contributed by atoms with Crippen molar-refractivity contribution >= 4 is 23.3 Å². The summed E-state index contributed by atoms with van der Waals surface area (Å²) >= 11 is 0. The lowest BCUT2D eigenvalue weighted by Crippen LogP contribution is -2.28. The van der Waals surface area contributed by atoms with Crippen LogP contribution in [-0.2, 0) is 17.9 Å². The molecular formula is C18H19N5O3. The first kappa shape index (κ1) is 17.3. The van der Waals surface area contributed by atoms with Crippen molar-refractivity contribution < 1.29 is 14.0 Å². The summed E-state index contributed by atoms with van der Waals surface area (Å²) in [7, 11) is 0. The summed E-state index contributed by atoms with van der Waals surface area (Å²) in [5, 5.41) is 12.3. The predicted molar refractivity (Wildman–Crippen MR) is 96.6 cm³/mol. The maximum atomic E-state index is 12.0. The lowest BCUT2D eigenvalue weighted by molar-refractivity contribution is -0.116. The first-order valence-electron chi connectivity index (χ1n) is 8.05. The number of rotatable bonds is 6. The topological polar surface area (TPSA) is 101 Å². The van der Waals surface area contributed by atoms with Gasteiger partial charge in [0.25, 0.3) is 0 Å². The fourth-order valence-corrected chi connectivity index (χ4v) is 2.29. The molecule has 1 aromatic carbocycles. The Morgan fingerprint density at radius 2 is 1.85 bits per heavy atom. The zero-order valence-electron chi connectivity index (χ0n) is 14.2. The molecule has 0 aliphatic carbocycles. The van der Waals surface area contributed by atoms with E-state index in [0.29, 0.717) is 23.7 Å². The molecule has 8 nitrogen and oxygen atoms in total. The Labute approximate surface area is 150 Å². The van der Waals surface area contributed by atoms with Crippen LogP contribution in [0.5, 0.6) is 0 Å². The zero-order chi connectivity index (χ0) is 18.4. The van der Waals surface area contributed by atoms with Crippen molar-refractivity contribution in [3.8, 4) is 0 Å². The molecule has 0 radical (unpaired) electrons. The van der Waals surface area contributed by atoms with Gasteiger partial charge in [-0.05, 0) is 48.9 Å². The van der Waals surface area contributed by atoms with E-state index in [1.807, 2.05) is 6.92 Å². The lowest BCUT2D eigenvalue weighted by Gasteiger charge is -2.09. The number of urea groups is 1. The van der Waals surface area contributed by atoms with Gasteiger partial charge in [-0.3, -0.25) is 9.48 Å². The Bertz CT molecular complexity index is 869. The number of anilines is 2. The highest BCUT2D eigenvalue weighted by atomic mass is 16.3. The third-order valence-corrected chi connectivity index (χ3v) is 3.50. The largest absolute Gasteiger partial charge is 0.467 e. The molecular weight excluding hydrogens is 334 g/mol. The molecule has 134 valence electrons. The summed E-state index contributed by atoms with van der Waals surface area (Å²) in [6.45, 7) is 2.36. The molecule has 0 atom stereocenters. The fourth-order valence-electron chi connectivity index (χ4n) is 2.29. The fraction of sp³-hybridized carbons (Fsp3) is 0.167. The molecule has 0 unspecified atom stereocenters. The Kier molecular flexibility index (Phi) is 5.33. The van der Waals surface area contributed by atoms with Crippen LogP contribution in [0.1, 0.15) is 11.3 Å². The number of hydrogen-bond acceptors (Lipinski definition) is 4. The van der Waals surface area contributed by atoms with Gasteiger partial charge in [-0.1, -0.05) is 0 Å². The summed E-state index contributed by atoms with van der Waals surface area (Å²) in [5.41, 5.74) is 2.25. The number of benzene rings is 1. The van der Waals surface area contributed by atoms with E-state index in [2.05, 4.69) is 21.0 Å². The smallest absolute Gasteiger partial charge is 0.319 e. The van der Waals surface area contributed by atoms with Crippen LogP contribution in [-0.4, -0.2) is 21.7 Å². The number of amides is 3. The quantitative estimate of drug-likeness (QED) is 0.634. The summed E-state index contributed by atoms with van der Waals surface area (Å²) in [6, 6.07) is 10.0. The molecule has 3 aromatic rings. The normalized spacial score (nSPS) is 10.3. The van der Waals surface area contributed by atoms with Crippen molar-refractivity contribution in [2.24, 2.45) is 0 Å². The van der Waals surface area contributed by atoms with E-state index in [0.717, 1.165) is 5.56 Å². The molecule has 0 saturated carbocycles. The maximum absolute atomic E-state index is 12.0. The molecule has 3 rings (SSSR count). The molecule has 2 heterocycles. The van der Waals surface area contributed by atoms with Crippen LogP contribution >= 0.6 is 0 Å². The van der Waals surface area contributed by atoms with Gasteiger partial charge in [-0.2, -0.15) is 5.10 Å². The highest BCUT2D eigenvalue weighted by Gasteiger charge is 2.06. The van der Waals surface area contributed by atoms with Crippen molar-refractivity contribution in [3.05, 3.63) is 66.4 Å². The van der Waals surface area contributed by atoms with Crippen molar-refractivity contribution in [1.29, 1.82) is 0 Å². The minimum Gasteiger partial charge on any atom is -0.467 e. The number of carbonyl (C=O) groups is 2. The van der Waals surface area contributed by atoms with Crippen LogP contribution in [0.4, 0.5) is 16.2 Å². The maximum Gasteiger partial charge on any atom is 0.319 e. The minimum absolute atomic E-state index is 0.142. The van der Waals surface area contributed by atoms with Gasteiger partial charge < -0.3 is 20.4 Å². The van der Waals surface area contributed by atoms with Gasteiger partial charge in [0.05, 0.1) is 19.0 Å². The lowest BCUT2D eigenvalue weighted by atomic mass is 10.3. The third kappa shape index (κ3) is 4.97. The Morgan fingerprint density at radius 3 is 2.46 bits per heavy atom. The van der Waals surface area contributed by atoms with Crippen LogP contribution in [0.2, 0.25) is 0 Å². The van der Waals surface area contributed by atoms with E-state index in [4.69, 9.17) is 4.42 Å². The number of furan rings is 1. The second-order valence-corrected chi connectivity index (χ2v) is 5.73. The van der Waals surface area contributed by atoms with E-state index in [-0.39, 0.29) is 18.5 Å². The van der Waals surface area contributed by atoms with Gasteiger partial charge >= 0.3 is 6.03 Å². The van der Waals surface area contributed by atoms with Crippen LogP contribution in [0, 0.1) is 6.92 Å². The molecule has 0 aliphatic rings. The van der Waals surface area contributed by atoms with Gasteiger partial charge in [0.1, 0.15) is 12.3 Å². The number of nitrogens with one attached hydrogen (secondary N) is 3. The van der Waals surface area contributed by atoms with Crippen molar-refractivity contribution in [1.82, 2.24) is 15.1 Å². The molecule has 26 heavy (non-hydrogen) atoms. The van der Waals surface area contributed by atoms with E-state index in [9.17, 15) is 9.59 Å². The Hall–Kier alpha value is -3.55. The number of aromatic nitrogens is 2. The van der Waals surface area contributed by atoms with Gasteiger partial charge in [-0.15, -0.1) is 0 Å². The average molecular weight is 353 g/mol. The second-order valence-electron chi connectivity index (χ2n) is 5.73. The second kappa shape index (κ2) is 8.02. The zero-order valence-corrected chi connectivity index (χ0v) is 14.2. The first-order valence-corrected chi connectivity index (χ1v) is 8.05. The molecule has 3 amide bonds. The Morgan fingerprint density at radius 1 is 1.12 bits per heavy atom. The molecule has 0 saturated heterocycles. The minimum atomic E-state index is -0.341. The van der Waals surface area contributed by atoms with Crippen LogP contribution in [0.25, 0.3) is 0 Å². The van der Waals surface area contributed by atoms with Crippen LogP contribution < -0.4 is 16.0 Å². The van der Waals surface area contributed by atoms with Crippen LogP contribution in [0.3, 0.4) is 0 Å². The first-order chi connectivity index (χ1) is 12.6. The highest BCUT2D eigenvalue weighted by Crippen LogP contribution is 2.13. The molecule has 0 aliphatic heterocycles. The average Bonchev–Trinajstić information content (AvgIpc) is 3.26. The summed E-state index contributed by atoms with van der Waals surface area (Å²) < 4.78 is 6.72. The number of carbonyl (C=O) groups excluding carboxylic acids is 2. The summed E-state index contributed by atoms with van der Waals surface area (Å²) in [6.07, 6.45) is 5.05. The van der Waals surface area contributed by atoms with E-state index in [1.165, 1.54) is 0 Å². The third-order valence-electron chi connectivity index (χ3n) is 3.50. The van der Waals surface area contributed by atoms with Crippen molar-refractivity contribution in [3.63, 3.8) is 0 Å². The molecule has 0 bridgehead atoms. The standard InChI is InChI=1S/C18H19N5O3/c1-13-9-20-23(11-13)12-17(24)21-14-4-6-15(7-5-14)22-18(25)19-10-16-3-2-8-26-16/h2-9,11H,10,12H2,1H3,(H,21,24)(H2,19,22,25). The van der Waals surface area contributed by atoms with E-state index in [1.54, 1.807) is 59.7 Å². The summed E-state index contributed by atoms with van der Waals surface area (Å²) in [4.78, 5) is 23.8. The summed E-state index contributed by atoms with van der Waals surface area (Å²) in [5.74, 6) is 0.496. The van der Waals surface area contributed by atoms with Crippen molar-refractivity contribution in [2.75, 3.05) is 10.6 Å². The monoisotopic (exact) mass is 353 g/mol. The molecule has 3 N–H and O–H groups in total. The van der Waals surface area contributed by atoms with E-state index >= 15 is 0 Å². The van der Waals surface area contributed by atoms with Gasteiger partial charge in [0.15, 0.2) is 0 Å². The molecule has 2 aromatic heterocycles. The molecule has 8 heteroatoms. The molecule has 0 fully saturated rings. The van der Waals surface area contributed by atoms with Crippen molar-refractivity contribution in [2.45, 2.75) is 20.0 Å². The number of aryl methyl sites for hydroxylation is 1. The number of nitrogens with zero attached hydrogens (tertiary/aromatic N) is 2. The molecule has 0 spiro atoms. The number of hydrogen-bond donors (Lipinski definition) is 3. The van der Waals surface area contributed by atoms with Gasteiger partial charge in [0.2, 0.25) is 5.91 Å². The SMILES string of the molecule is Cc1cnn(CC(=O)Nc2ccc(NC(=O)NCc3ccco3)cc2)c1. The predicted octanol–water partition coefficient (Wildman–Crippen LogP) is 2.74. The van der Waals surface area contributed by atoms with Gasteiger partial charge in [0, 0.05) is 17.6 Å².